The summed E-state index contributed by atoms with van der Waals surface area (Å²) in [5.41, 5.74) is 6.08. The number of nitrogens with two attached hydrogens (primary N) is 1. The summed E-state index contributed by atoms with van der Waals surface area (Å²) in [5, 5.41) is 6.80. The van der Waals surface area contributed by atoms with E-state index in [1.165, 1.54) is 16.8 Å². The molecule has 0 radical (unpaired) electrons. The number of nitrogens with zero attached hydrogens (tertiary/aromatic N) is 3. The van der Waals surface area contributed by atoms with Crippen molar-refractivity contribution < 1.29 is 4.39 Å². The molecule has 1 saturated carbocycles. The number of benzene rings is 1. The average Bonchev–Trinajstić information content (AvgIpc) is 3.21. The number of H-pyrrole nitrogens is 1. The molecule has 2 aromatic heterocycles. The highest BCUT2D eigenvalue weighted by Crippen LogP contribution is 2.39. The SMILES string of the molecule is NC(c1nc2cc(F)cc(Cl)c2c(=O)n1-c1ccn[nH]1)C1CC1. The first-order chi connectivity index (χ1) is 11.1. The second-order valence-electron chi connectivity index (χ2n) is 5.70. The van der Waals surface area contributed by atoms with Crippen molar-refractivity contribution in [3.05, 3.63) is 51.4 Å². The first-order valence-electron chi connectivity index (χ1n) is 7.23. The average molecular weight is 334 g/mol. The molecule has 2 heterocycles. The van der Waals surface area contributed by atoms with Crippen LogP contribution in [0.1, 0.15) is 24.7 Å². The van der Waals surface area contributed by atoms with Crippen LogP contribution in [0.15, 0.2) is 29.2 Å². The minimum atomic E-state index is -0.542. The van der Waals surface area contributed by atoms with Gasteiger partial charge in [-0.1, -0.05) is 11.6 Å². The van der Waals surface area contributed by atoms with Gasteiger partial charge in [0.25, 0.3) is 5.56 Å². The van der Waals surface area contributed by atoms with E-state index in [1.54, 1.807) is 6.07 Å². The second kappa shape index (κ2) is 5.14. The van der Waals surface area contributed by atoms with Gasteiger partial charge in [-0.3, -0.25) is 9.89 Å². The number of aromatic amines is 1. The van der Waals surface area contributed by atoms with E-state index in [0.29, 0.717) is 11.6 Å². The van der Waals surface area contributed by atoms with Gasteiger partial charge in [-0.05, 0) is 24.8 Å². The molecule has 1 unspecified atom stereocenters. The van der Waals surface area contributed by atoms with Crippen LogP contribution in [-0.2, 0) is 0 Å². The molecule has 8 heteroatoms. The molecule has 0 spiro atoms. The lowest BCUT2D eigenvalue weighted by Crippen LogP contribution is -2.29. The summed E-state index contributed by atoms with van der Waals surface area (Å²) in [6, 6.07) is 3.54. The maximum Gasteiger partial charge on any atom is 0.268 e. The number of aromatic nitrogens is 4. The molecule has 1 aliphatic carbocycles. The Kier molecular flexibility index (Phi) is 3.21. The van der Waals surface area contributed by atoms with Gasteiger partial charge in [0.1, 0.15) is 17.5 Å². The minimum Gasteiger partial charge on any atom is -0.321 e. The van der Waals surface area contributed by atoms with Crippen molar-refractivity contribution in [3.8, 4) is 5.82 Å². The molecule has 3 N–H and O–H groups in total. The second-order valence-corrected chi connectivity index (χ2v) is 6.10. The zero-order valence-corrected chi connectivity index (χ0v) is 12.7. The number of fused-ring (bicyclic) bond motifs is 1. The van der Waals surface area contributed by atoms with E-state index in [9.17, 15) is 9.18 Å². The first kappa shape index (κ1) is 14.3. The molecule has 118 valence electrons. The fourth-order valence-electron chi connectivity index (χ4n) is 2.74. The Morgan fingerprint density at radius 2 is 2.22 bits per heavy atom. The highest BCUT2D eigenvalue weighted by atomic mass is 35.5. The van der Waals surface area contributed by atoms with Gasteiger partial charge in [-0.25, -0.2) is 13.9 Å². The molecule has 1 aliphatic rings. The van der Waals surface area contributed by atoms with E-state index in [2.05, 4.69) is 15.2 Å². The maximum absolute atomic E-state index is 13.6. The highest BCUT2D eigenvalue weighted by Gasteiger charge is 2.33. The Morgan fingerprint density at radius 3 is 2.87 bits per heavy atom. The van der Waals surface area contributed by atoms with Gasteiger partial charge in [0, 0.05) is 12.1 Å². The van der Waals surface area contributed by atoms with Gasteiger partial charge in [-0.15, -0.1) is 0 Å². The molecule has 0 aliphatic heterocycles. The maximum atomic E-state index is 13.6. The largest absolute Gasteiger partial charge is 0.321 e. The van der Waals surface area contributed by atoms with Crippen molar-refractivity contribution in [3.63, 3.8) is 0 Å². The smallest absolute Gasteiger partial charge is 0.268 e. The van der Waals surface area contributed by atoms with E-state index in [0.717, 1.165) is 18.9 Å². The van der Waals surface area contributed by atoms with Gasteiger partial charge < -0.3 is 5.73 Å². The third kappa shape index (κ3) is 2.32. The molecule has 0 saturated heterocycles. The highest BCUT2D eigenvalue weighted by molar-refractivity contribution is 6.35. The van der Waals surface area contributed by atoms with Crippen molar-refractivity contribution in [2.45, 2.75) is 18.9 Å². The fraction of sp³-hybridized carbons (Fsp3) is 0.267. The first-order valence-corrected chi connectivity index (χ1v) is 7.61. The molecular formula is C15H13ClFN5O. The summed E-state index contributed by atoms with van der Waals surface area (Å²) >= 11 is 6.06. The summed E-state index contributed by atoms with van der Waals surface area (Å²) in [6.07, 6.45) is 3.51. The molecule has 4 rings (SSSR count). The number of nitrogens with one attached hydrogen (secondary N) is 1. The van der Waals surface area contributed by atoms with Crippen LogP contribution >= 0.6 is 11.6 Å². The third-order valence-electron chi connectivity index (χ3n) is 4.07. The normalized spacial score (nSPS) is 16.0. The minimum absolute atomic E-state index is 0.0253. The van der Waals surface area contributed by atoms with Gasteiger partial charge in [-0.2, -0.15) is 5.10 Å². The fourth-order valence-corrected chi connectivity index (χ4v) is 3.03. The van der Waals surface area contributed by atoms with Crippen LogP contribution in [0.4, 0.5) is 4.39 Å². The van der Waals surface area contributed by atoms with E-state index in [4.69, 9.17) is 17.3 Å². The quantitative estimate of drug-likeness (QED) is 0.769. The lowest BCUT2D eigenvalue weighted by Gasteiger charge is -2.17. The van der Waals surface area contributed by atoms with E-state index >= 15 is 0 Å². The topological polar surface area (TPSA) is 89.6 Å². The monoisotopic (exact) mass is 333 g/mol. The molecule has 3 aromatic rings. The Balaban J connectivity index is 2.09. The number of rotatable bonds is 3. The summed E-state index contributed by atoms with van der Waals surface area (Å²) < 4.78 is 15.0. The number of hydrogen-bond donors (Lipinski definition) is 2. The molecule has 1 aromatic carbocycles. The summed E-state index contributed by atoms with van der Waals surface area (Å²) in [5.74, 6) is 0.573. The summed E-state index contributed by atoms with van der Waals surface area (Å²) in [7, 11) is 0. The summed E-state index contributed by atoms with van der Waals surface area (Å²) in [4.78, 5) is 17.4. The molecular weight excluding hydrogens is 321 g/mol. The third-order valence-corrected chi connectivity index (χ3v) is 4.37. The van der Waals surface area contributed by atoms with Crippen molar-refractivity contribution in [2.75, 3.05) is 0 Å². The Morgan fingerprint density at radius 1 is 1.43 bits per heavy atom. The van der Waals surface area contributed by atoms with Gasteiger partial charge in [0.05, 0.1) is 28.2 Å². The molecule has 1 fully saturated rings. The number of hydrogen-bond acceptors (Lipinski definition) is 4. The molecule has 23 heavy (non-hydrogen) atoms. The van der Waals surface area contributed by atoms with E-state index < -0.39 is 17.4 Å². The van der Waals surface area contributed by atoms with Crippen molar-refractivity contribution in [1.29, 1.82) is 0 Å². The Labute approximate surface area is 135 Å². The van der Waals surface area contributed by atoms with Crippen molar-refractivity contribution in [2.24, 2.45) is 11.7 Å². The standard InChI is InChI=1S/C15H13ClFN5O/c16-9-5-8(17)6-10-12(9)15(23)22(11-3-4-19-21-11)14(20-10)13(18)7-1-2-7/h3-7,13H,1-2,18H2,(H,19,21). The molecule has 0 bridgehead atoms. The van der Waals surface area contributed by atoms with Gasteiger partial charge in [0.15, 0.2) is 0 Å². The van der Waals surface area contributed by atoms with Crippen LogP contribution in [0.2, 0.25) is 5.02 Å². The van der Waals surface area contributed by atoms with Crippen LogP contribution in [-0.4, -0.2) is 19.7 Å². The zero-order valence-electron chi connectivity index (χ0n) is 12.0. The van der Waals surface area contributed by atoms with Crippen LogP contribution in [0, 0.1) is 11.7 Å². The van der Waals surface area contributed by atoms with Crippen molar-refractivity contribution >= 4 is 22.5 Å². The van der Waals surface area contributed by atoms with Crippen LogP contribution in [0.25, 0.3) is 16.7 Å². The zero-order chi connectivity index (χ0) is 16.1. The van der Waals surface area contributed by atoms with Gasteiger partial charge in [0.2, 0.25) is 0 Å². The van der Waals surface area contributed by atoms with E-state index in [1.807, 2.05) is 0 Å². The Bertz CT molecular complexity index is 949. The predicted molar refractivity (Wildman–Crippen MR) is 84.1 cm³/mol. The van der Waals surface area contributed by atoms with Crippen LogP contribution in [0.3, 0.4) is 0 Å². The van der Waals surface area contributed by atoms with E-state index in [-0.39, 0.29) is 21.8 Å². The molecule has 6 nitrogen and oxygen atoms in total. The van der Waals surface area contributed by atoms with Crippen molar-refractivity contribution in [1.82, 2.24) is 19.7 Å². The predicted octanol–water partition coefficient (Wildman–Crippen LogP) is 2.31. The summed E-state index contributed by atoms with van der Waals surface area (Å²) in [6.45, 7) is 0. The lowest BCUT2D eigenvalue weighted by molar-refractivity contribution is 0.570. The van der Waals surface area contributed by atoms with Crippen LogP contribution < -0.4 is 11.3 Å². The Hall–Kier alpha value is -2.25. The van der Waals surface area contributed by atoms with Gasteiger partial charge >= 0.3 is 0 Å². The van der Waals surface area contributed by atoms with Crippen LogP contribution in [0.5, 0.6) is 0 Å². The molecule has 1 atom stereocenters. The molecule has 0 amide bonds. The lowest BCUT2D eigenvalue weighted by atomic mass is 10.1. The number of halogens is 2.